The van der Waals surface area contributed by atoms with Crippen LogP contribution in [0, 0.1) is 0 Å². The molecule has 308 valence electrons. The van der Waals surface area contributed by atoms with Crippen LogP contribution in [0.5, 0.6) is 0 Å². The van der Waals surface area contributed by atoms with E-state index in [1.165, 1.54) is 16.3 Å². The Labute approximate surface area is 383 Å². The SMILES string of the molecule is c1ccc(-c2ccc(-c3nc(-c4ccccc4)cc(-c4cccc(-c5cccc(-c6cc(-c7ccccc7)nc7c6ccc6ccc(-c8ccc9ccccc9c8)nc67)c5)c4)n3)cc2)cc1. The van der Waals surface area contributed by atoms with E-state index in [1.54, 1.807) is 0 Å². The minimum absolute atomic E-state index is 0.684. The third-order valence-corrected chi connectivity index (χ3v) is 12.5. The van der Waals surface area contributed by atoms with Gasteiger partial charge in [0.25, 0.3) is 0 Å². The zero-order valence-corrected chi connectivity index (χ0v) is 35.9. The lowest BCUT2D eigenvalue weighted by molar-refractivity contribution is 1.18. The Balaban J connectivity index is 0.959. The summed E-state index contributed by atoms with van der Waals surface area (Å²) in [6.45, 7) is 0. The predicted octanol–water partition coefficient (Wildman–Crippen LogP) is 16.1. The molecule has 0 fully saturated rings. The van der Waals surface area contributed by atoms with Crippen molar-refractivity contribution in [3.05, 3.63) is 243 Å². The van der Waals surface area contributed by atoms with Crippen LogP contribution in [0.4, 0.5) is 0 Å². The number of fused-ring (bicyclic) bond motifs is 4. The molecule has 0 radical (unpaired) electrons. The quantitative estimate of drug-likeness (QED) is 0.143. The number of benzene rings is 9. The Morgan fingerprint density at radius 3 is 1.39 bits per heavy atom. The van der Waals surface area contributed by atoms with E-state index in [-0.39, 0.29) is 0 Å². The highest BCUT2D eigenvalue weighted by atomic mass is 14.9. The van der Waals surface area contributed by atoms with Gasteiger partial charge < -0.3 is 0 Å². The van der Waals surface area contributed by atoms with Crippen LogP contribution in [0.1, 0.15) is 0 Å². The maximum Gasteiger partial charge on any atom is 0.160 e. The Hall–Kier alpha value is -8.86. The van der Waals surface area contributed by atoms with E-state index in [9.17, 15) is 0 Å². The van der Waals surface area contributed by atoms with E-state index in [0.717, 1.165) is 100 Å². The van der Waals surface area contributed by atoms with Gasteiger partial charge in [-0.1, -0.05) is 206 Å². The summed E-state index contributed by atoms with van der Waals surface area (Å²) in [6.07, 6.45) is 0. The molecule has 0 amide bonds. The normalized spacial score (nSPS) is 11.3. The van der Waals surface area contributed by atoms with Gasteiger partial charge in [0.15, 0.2) is 5.82 Å². The van der Waals surface area contributed by atoms with Crippen LogP contribution in [0.25, 0.3) is 122 Å². The van der Waals surface area contributed by atoms with Crippen molar-refractivity contribution < 1.29 is 0 Å². The molecule has 3 heterocycles. The van der Waals surface area contributed by atoms with Crippen molar-refractivity contribution in [2.45, 2.75) is 0 Å². The Kier molecular flexibility index (Phi) is 9.81. The third-order valence-electron chi connectivity index (χ3n) is 12.5. The first kappa shape index (κ1) is 38.8. The molecule has 66 heavy (non-hydrogen) atoms. The average Bonchev–Trinajstić information content (AvgIpc) is 3.41. The fourth-order valence-corrected chi connectivity index (χ4v) is 9.02. The topological polar surface area (TPSA) is 51.6 Å². The minimum atomic E-state index is 0.684. The number of hydrogen-bond donors (Lipinski definition) is 0. The van der Waals surface area contributed by atoms with Crippen molar-refractivity contribution in [2.75, 3.05) is 0 Å². The van der Waals surface area contributed by atoms with Crippen LogP contribution < -0.4 is 0 Å². The van der Waals surface area contributed by atoms with E-state index in [2.05, 4.69) is 224 Å². The predicted molar refractivity (Wildman–Crippen MR) is 274 cm³/mol. The van der Waals surface area contributed by atoms with Crippen LogP contribution in [0.2, 0.25) is 0 Å². The van der Waals surface area contributed by atoms with Gasteiger partial charge in [-0.2, -0.15) is 0 Å². The average molecular weight is 841 g/mol. The second kappa shape index (κ2) is 16.7. The van der Waals surface area contributed by atoms with E-state index >= 15 is 0 Å². The van der Waals surface area contributed by atoms with Crippen molar-refractivity contribution in [1.82, 2.24) is 19.9 Å². The molecule has 0 unspecified atom stereocenters. The molecule has 0 aliphatic carbocycles. The lowest BCUT2D eigenvalue weighted by atomic mass is 9.93. The Morgan fingerprint density at radius 1 is 0.212 bits per heavy atom. The molecule has 4 heteroatoms. The van der Waals surface area contributed by atoms with E-state index < -0.39 is 0 Å². The molecule has 0 aliphatic heterocycles. The van der Waals surface area contributed by atoms with Gasteiger partial charge in [0.05, 0.1) is 33.8 Å². The Bertz CT molecular complexity index is 3740. The van der Waals surface area contributed by atoms with Crippen molar-refractivity contribution in [3.63, 3.8) is 0 Å². The van der Waals surface area contributed by atoms with Gasteiger partial charge in [0, 0.05) is 38.6 Å². The standard InChI is InChI=1S/C62H40N4/c1-4-14-41(15-5-1)43-26-29-47(30-27-43)62-65-58(45-19-8-3-9-20-45)40-59(66-62)52-25-13-23-50(38-52)49-22-12-24-51(36-49)55-39-57(44-17-6-2-7-18-44)64-61-54(55)34-32-46-33-35-56(63-60(46)61)53-31-28-42-16-10-11-21-48(42)37-53/h1-40H. The van der Waals surface area contributed by atoms with E-state index in [0.29, 0.717) is 5.82 Å². The van der Waals surface area contributed by atoms with Gasteiger partial charge in [-0.15, -0.1) is 0 Å². The van der Waals surface area contributed by atoms with E-state index in [4.69, 9.17) is 19.9 Å². The van der Waals surface area contributed by atoms with E-state index in [1.807, 2.05) is 18.2 Å². The maximum atomic E-state index is 5.37. The van der Waals surface area contributed by atoms with Crippen LogP contribution in [0.15, 0.2) is 243 Å². The summed E-state index contributed by atoms with van der Waals surface area (Å²) in [5, 5.41) is 4.50. The monoisotopic (exact) mass is 840 g/mol. The third kappa shape index (κ3) is 7.47. The molecule has 3 aromatic heterocycles. The summed E-state index contributed by atoms with van der Waals surface area (Å²) in [5.41, 5.74) is 17.2. The molecule has 12 rings (SSSR count). The molecule has 9 aromatic carbocycles. The zero-order chi connectivity index (χ0) is 43.8. The molecule has 0 aliphatic rings. The number of nitrogens with zero attached hydrogens (tertiary/aromatic N) is 4. The summed E-state index contributed by atoms with van der Waals surface area (Å²) < 4.78 is 0. The summed E-state index contributed by atoms with van der Waals surface area (Å²) in [7, 11) is 0. The van der Waals surface area contributed by atoms with Crippen LogP contribution >= 0.6 is 0 Å². The van der Waals surface area contributed by atoms with Crippen molar-refractivity contribution in [2.24, 2.45) is 0 Å². The number of pyridine rings is 2. The summed E-state index contributed by atoms with van der Waals surface area (Å²) in [4.78, 5) is 21.0. The largest absolute Gasteiger partial charge is 0.245 e. The molecular weight excluding hydrogens is 801 g/mol. The first-order valence-corrected chi connectivity index (χ1v) is 22.3. The van der Waals surface area contributed by atoms with Gasteiger partial charge in [-0.3, -0.25) is 0 Å². The molecule has 0 atom stereocenters. The number of rotatable bonds is 8. The van der Waals surface area contributed by atoms with Gasteiger partial charge >= 0.3 is 0 Å². The summed E-state index contributed by atoms with van der Waals surface area (Å²) in [6, 6.07) is 85.2. The first-order valence-electron chi connectivity index (χ1n) is 22.3. The second-order valence-electron chi connectivity index (χ2n) is 16.6. The van der Waals surface area contributed by atoms with Gasteiger partial charge in [0.2, 0.25) is 0 Å². The highest BCUT2D eigenvalue weighted by Gasteiger charge is 2.16. The maximum absolute atomic E-state index is 5.37. The van der Waals surface area contributed by atoms with Gasteiger partial charge in [0.1, 0.15) is 0 Å². The highest BCUT2D eigenvalue weighted by molar-refractivity contribution is 6.10. The lowest BCUT2D eigenvalue weighted by Crippen LogP contribution is -1.96. The Morgan fingerprint density at radius 2 is 0.682 bits per heavy atom. The summed E-state index contributed by atoms with van der Waals surface area (Å²) >= 11 is 0. The van der Waals surface area contributed by atoms with Crippen LogP contribution in [-0.2, 0) is 0 Å². The minimum Gasteiger partial charge on any atom is -0.245 e. The number of aromatic nitrogens is 4. The second-order valence-corrected chi connectivity index (χ2v) is 16.6. The summed E-state index contributed by atoms with van der Waals surface area (Å²) in [5.74, 6) is 0.684. The molecule has 0 bridgehead atoms. The van der Waals surface area contributed by atoms with Crippen LogP contribution in [-0.4, -0.2) is 19.9 Å². The van der Waals surface area contributed by atoms with Crippen molar-refractivity contribution in [3.8, 4) is 89.8 Å². The molecule has 0 saturated heterocycles. The molecule has 0 spiro atoms. The zero-order valence-electron chi connectivity index (χ0n) is 35.9. The smallest absolute Gasteiger partial charge is 0.160 e. The highest BCUT2D eigenvalue weighted by Crippen LogP contribution is 2.38. The fraction of sp³-hybridized carbons (Fsp3) is 0. The van der Waals surface area contributed by atoms with Crippen LogP contribution in [0.3, 0.4) is 0 Å². The van der Waals surface area contributed by atoms with Crippen molar-refractivity contribution in [1.29, 1.82) is 0 Å². The molecule has 0 saturated carbocycles. The molecule has 4 nitrogen and oxygen atoms in total. The molecule has 12 aromatic rings. The molecular formula is C62H40N4. The fourth-order valence-electron chi connectivity index (χ4n) is 9.02. The first-order chi connectivity index (χ1) is 32.7. The van der Waals surface area contributed by atoms with Gasteiger partial charge in [-0.05, 0) is 80.6 Å². The van der Waals surface area contributed by atoms with Gasteiger partial charge in [-0.25, -0.2) is 19.9 Å². The number of hydrogen-bond acceptors (Lipinski definition) is 4. The lowest BCUT2D eigenvalue weighted by Gasteiger charge is -2.14. The molecule has 0 N–H and O–H groups in total. The van der Waals surface area contributed by atoms with Crippen molar-refractivity contribution >= 4 is 32.6 Å².